The molecule has 1 aliphatic rings. The van der Waals surface area contributed by atoms with Crippen molar-refractivity contribution in [3.05, 3.63) is 34.9 Å². The average Bonchev–Trinajstić information content (AvgIpc) is 2.02. The van der Waals surface area contributed by atoms with Gasteiger partial charge in [-0.15, -0.1) is 0 Å². The average molecular weight is 175 g/mol. The molecule has 2 N–H and O–H groups in total. The van der Waals surface area contributed by atoms with Crippen molar-refractivity contribution in [2.75, 3.05) is 0 Å². The van der Waals surface area contributed by atoms with Gasteiger partial charge in [-0.3, -0.25) is 0 Å². The van der Waals surface area contributed by atoms with Crippen molar-refractivity contribution >= 4 is 0 Å². The highest BCUT2D eigenvalue weighted by Gasteiger charge is 2.27. The lowest BCUT2D eigenvalue weighted by Gasteiger charge is -2.32. The van der Waals surface area contributed by atoms with Crippen LogP contribution in [0, 0.1) is 6.92 Å². The van der Waals surface area contributed by atoms with Gasteiger partial charge in [-0.05, 0) is 44.2 Å². The Labute approximate surface area is 80.0 Å². The summed E-state index contributed by atoms with van der Waals surface area (Å²) >= 11 is 0. The van der Waals surface area contributed by atoms with Crippen molar-refractivity contribution < 1.29 is 0 Å². The molecule has 0 spiro atoms. The van der Waals surface area contributed by atoms with Crippen LogP contribution in [-0.4, -0.2) is 0 Å². The van der Waals surface area contributed by atoms with E-state index >= 15 is 0 Å². The largest absolute Gasteiger partial charge is 0.322 e. The van der Waals surface area contributed by atoms with Gasteiger partial charge < -0.3 is 5.73 Å². The number of benzene rings is 1. The van der Waals surface area contributed by atoms with Gasteiger partial charge in [0.1, 0.15) is 0 Å². The maximum atomic E-state index is 6.24. The zero-order valence-corrected chi connectivity index (χ0v) is 8.43. The summed E-state index contributed by atoms with van der Waals surface area (Å²) in [5, 5.41) is 0. The normalized spacial score (nSPS) is 27.0. The Hall–Kier alpha value is -0.820. The van der Waals surface area contributed by atoms with Gasteiger partial charge in [-0.25, -0.2) is 0 Å². The van der Waals surface area contributed by atoms with Crippen molar-refractivity contribution in [2.24, 2.45) is 5.73 Å². The molecule has 0 saturated heterocycles. The van der Waals surface area contributed by atoms with Gasteiger partial charge in [0.15, 0.2) is 0 Å². The minimum atomic E-state index is -0.0959. The first-order valence-corrected chi connectivity index (χ1v) is 4.98. The van der Waals surface area contributed by atoms with Gasteiger partial charge in [0.2, 0.25) is 0 Å². The summed E-state index contributed by atoms with van der Waals surface area (Å²) < 4.78 is 0. The number of hydrogen-bond acceptors (Lipinski definition) is 1. The second-order valence-corrected chi connectivity index (χ2v) is 4.43. The van der Waals surface area contributed by atoms with Crippen LogP contribution < -0.4 is 5.73 Å². The summed E-state index contributed by atoms with van der Waals surface area (Å²) in [5.41, 5.74) is 10.3. The molecule has 2 rings (SSSR count). The van der Waals surface area contributed by atoms with Gasteiger partial charge in [-0.2, -0.15) is 0 Å². The molecule has 1 atom stereocenters. The Balaban J connectivity index is 2.53. The predicted molar refractivity (Wildman–Crippen MR) is 55.7 cm³/mol. The third-order valence-corrected chi connectivity index (χ3v) is 3.02. The molecule has 1 heteroatoms. The van der Waals surface area contributed by atoms with Crippen LogP contribution in [0.5, 0.6) is 0 Å². The number of hydrogen-bond donors (Lipinski definition) is 1. The highest BCUT2D eigenvalue weighted by atomic mass is 14.7. The third-order valence-electron chi connectivity index (χ3n) is 3.02. The van der Waals surface area contributed by atoms with Crippen LogP contribution in [0.1, 0.15) is 36.5 Å². The van der Waals surface area contributed by atoms with Crippen molar-refractivity contribution in [3.8, 4) is 0 Å². The molecule has 1 aromatic carbocycles. The lowest BCUT2D eigenvalue weighted by atomic mass is 9.78. The van der Waals surface area contributed by atoms with Crippen molar-refractivity contribution in [3.63, 3.8) is 0 Å². The fourth-order valence-corrected chi connectivity index (χ4v) is 2.27. The van der Waals surface area contributed by atoms with Crippen molar-refractivity contribution in [1.29, 1.82) is 0 Å². The molecule has 0 bridgehead atoms. The van der Waals surface area contributed by atoms with E-state index in [-0.39, 0.29) is 5.54 Å². The Morgan fingerprint density at radius 1 is 1.38 bits per heavy atom. The highest BCUT2D eigenvalue weighted by molar-refractivity contribution is 5.38. The van der Waals surface area contributed by atoms with Crippen LogP contribution in [0.2, 0.25) is 0 Å². The van der Waals surface area contributed by atoms with Crippen molar-refractivity contribution in [1.82, 2.24) is 0 Å². The molecule has 1 aromatic rings. The van der Waals surface area contributed by atoms with Crippen LogP contribution in [0.25, 0.3) is 0 Å². The van der Waals surface area contributed by atoms with Crippen molar-refractivity contribution in [2.45, 2.75) is 38.6 Å². The summed E-state index contributed by atoms with van der Waals surface area (Å²) in [6.07, 6.45) is 3.54. The molecular formula is C12H17N. The predicted octanol–water partition coefficient (Wildman–Crippen LogP) is 2.51. The van der Waals surface area contributed by atoms with Crippen LogP contribution in [0.15, 0.2) is 18.2 Å². The van der Waals surface area contributed by atoms with E-state index in [9.17, 15) is 0 Å². The molecule has 0 radical (unpaired) electrons. The molecule has 0 aromatic heterocycles. The molecule has 13 heavy (non-hydrogen) atoms. The van der Waals surface area contributed by atoms with E-state index < -0.39 is 0 Å². The quantitative estimate of drug-likeness (QED) is 0.644. The number of aryl methyl sites for hydroxylation is 2. The summed E-state index contributed by atoms with van der Waals surface area (Å²) in [5.74, 6) is 0. The van der Waals surface area contributed by atoms with Gasteiger partial charge >= 0.3 is 0 Å². The third kappa shape index (κ3) is 1.49. The molecular weight excluding hydrogens is 158 g/mol. The van der Waals surface area contributed by atoms with E-state index in [4.69, 9.17) is 5.73 Å². The Bertz CT molecular complexity index is 326. The lowest BCUT2D eigenvalue weighted by molar-refractivity contribution is 0.409. The molecule has 1 unspecified atom stereocenters. The molecule has 0 heterocycles. The molecule has 0 amide bonds. The molecule has 1 aliphatic carbocycles. The minimum Gasteiger partial charge on any atom is -0.322 e. The Morgan fingerprint density at radius 2 is 2.15 bits per heavy atom. The van der Waals surface area contributed by atoms with E-state index in [1.54, 1.807) is 0 Å². The van der Waals surface area contributed by atoms with Gasteiger partial charge in [0.05, 0.1) is 0 Å². The standard InChI is InChI=1S/C12H17N/c1-9-5-6-11-10(8-9)4-3-7-12(11,2)13/h5-6,8H,3-4,7,13H2,1-2H3. The summed E-state index contributed by atoms with van der Waals surface area (Å²) in [6.45, 7) is 4.28. The Morgan fingerprint density at radius 3 is 2.92 bits per heavy atom. The van der Waals surface area contributed by atoms with Crippen LogP contribution in [-0.2, 0) is 12.0 Å². The summed E-state index contributed by atoms with van der Waals surface area (Å²) in [6, 6.07) is 6.64. The molecule has 0 fully saturated rings. The van der Waals surface area contributed by atoms with Crippen LogP contribution in [0.4, 0.5) is 0 Å². The van der Waals surface area contributed by atoms with Gasteiger partial charge in [0, 0.05) is 5.54 Å². The Kier molecular flexibility index (Phi) is 1.92. The smallest absolute Gasteiger partial charge is 0.0383 e. The molecule has 0 aliphatic heterocycles. The van der Waals surface area contributed by atoms with Crippen LogP contribution >= 0.6 is 0 Å². The first-order valence-electron chi connectivity index (χ1n) is 4.98. The summed E-state index contributed by atoms with van der Waals surface area (Å²) in [7, 11) is 0. The SMILES string of the molecule is Cc1ccc2c(c1)CCCC2(C)N. The second kappa shape index (κ2) is 2.85. The number of rotatable bonds is 0. The number of fused-ring (bicyclic) bond motifs is 1. The highest BCUT2D eigenvalue weighted by Crippen LogP contribution is 2.33. The lowest BCUT2D eigenvalue weighted by Crippen LogP contribution is -2.36. The fraction of sp³-hybridized carbons (Fsp3) is 0.500. The molecule has 0 saturated carbocycles. The number of nitrogens with two attached hydrogens (primary N) is 1. The van der Waals surface area contributed by atoms with Gasteiger partial charge in [-0.1, -0.05) is 23.8 Å². The first kappa shape index (κ1) is 8.76. The monoisotopic (exact) mass is 175 g/mol. The zero-order valence-electron chi connectivity index (χ0n) is 8.43. The topological polar surface area (TPSA) is 26.0 Å². The first-order chi connectivity index (χ1) is 6.09. The zero-order chi connectivity index (χ0) is 9.47. The minimum absolute atomic E-state index is 0.0959. The second-order valence-electron chi connectivity index (χ2n) is 4.43. The molecule has 70 valence electrons. The van der Waals surface area contributed by atoms with Crippen LogP contribution in [0.3, 0.4) is 0 Å². The molecule has 1 nitrogen and oxygen atoms in total. The fourth-order valence-electron chi connectivity index (χ4n) is 2.27. The van der Waals surface area contributed by atoms with E-state index in [2.05, 4.69) is 32.0 Å². The van der Waals surface area contributed by atoms with E-state index in [1.165, 1.54) is 29.5 Å². The van der Waals surface area contributed by atoms with Gasteiger partial charge in [0.25, 0.3) is 0 Å². The maximum Gasteiger partial charge on any atom is 0.0383 e. The summed E-state index contributed by atoms with van der Waals surface area (Å²) in [4.78, 5) is 0. The van der Waals surface area contributed by atoms with E-state index in [0.717, 1.165) is 6.42 Å². The van der Waals surface area contributed by atoms with E-state index in [1.807, 2.05) is 0 Å². The van der Waals surface area contributed by atoms with E-state index in [0.29, 0.717) is 0 Å². The maximum absolute atomic E-state index is 6.24.